The lowest BCUT2D eigenvalue weighted by Gasteiger charge is -2.07. The highest BCUT2D eigenvalue weighted by Crippen LogP contribution is 2.27. The molecule has 0 spiro atoms. The SMILES string of the molecule is Oc1ccc(OCCCCc2ccc(Cl)cc2)cc1Cl. The number of phenolic OH excluding ortho intramolecular Hbond substituents is 1. The summed E-state index contributed by atoms with van der Waals surface area (Å²) in [5.41, 5.74) is 1.28. The standard InChI is InChI=1S/C16H16Cl2O2/c17-13-6-4-12(5-7-13)3-1-2-10-20-14-8-9-16(19)15(18)11-14/h4-9,11,19H,1-3,10H2. The molecule has 2 nitrogen and oxygen atoms in total. The van der Waals surface area contributed by atoms with Gasteiger partial charge in [-0.1, -0.05) is 35.3 Å². The Morgan fingerprint density at radius 2 is 1.70 bits per heavy atom. The fraction of sp³-hybridized carbons (Fsp3) is 0.250. The number of ether oxygens (including phenoxy) is 1. The average Bonchev–Trinajstić information content (AvgIpc) is 2.44. The maximum absolute atomic E-state index is 9.30. The molecule has 2 aromatic carbocycles. The van der Waals surface area contributed by atoms with Gasteiger partial charge in [-0.05, 0) is 49.1 Å². The van der Waals surface area contributed by atoms with Crippen LogP contribution in [0.4, 0.5) is 0 Å². The Balaban J connectivity index is 1.68. The molecule has 0 aromatic heterocycles. The fourth-order valence-electron chi connectivity index (χ4n) is 1.85. The van der Waals surface area contributed by atoms with Crippen LogP contribution in [-0.2, 0) is 6.42 Å². The summed E-state index contributed by atoms with van der Waals surface area (Å²) in [7, 11) is 0. The lowest BCUT2D eigenvalue weighted by molar-refractivity contribution is 0.306. The number of aryl methyl sites for hydroxylation is 1. The van der Waals surface area contributed by atoms with Gasteiger partial charge in [0.05, 0.1) is 11.6 Å². The van der Waals surface area contributed by atoms with Crippen LogP contribution in [0.3, 0.4) is 0 Å². The summed E-state index contributed by atoms with van der Waals surface area (Å²) < 4.78 is 5.58. The molecule has 0 fully saturated rings. The molecule has 0 atom stereocenters. The molecular formula is C16H16Cl2O2. The minimum absolute atomic E-state index is 0.0711. The summed E-state index contributed by atoms with van der Waals surface area (Å²) in [6.45, 7) is 0.634. The second-order valence-corrected chi connectivity index (χ2v) is 5.39. The summed E-state index contributed by atoms with van der Waals surface area (Å²) in [5.74, 6) is 0.751. The van der Waals surface area contributed by atoms with Gasteiger partial charge in [-0.2, -0.15) is 0 Å². The van der Waals surface area contributed by atoms with E-state index in [0.29, 0.717) is 17.4 Å². The van der Waals surface area contributed by atoms with Gasteiger partial charge in [0, 0.05) is 11.1 Å². The van der Waals surface area contributed by atoms with E-state index in [4.69, 9.17) is 27.9 Å². The number of phenols is 1. The van der Waals surface area contributed by atoms with Crippen molar-refractivity contribution < 1.29 is 9.84 Å². The Bertz CT molecular complexity index is 553. The van der Waals surface area contributed by atoms with Crippen LogP contribution < -0.4 is 4.74 Å². The fourth-order valence-corrected chi connectivity index (χ4v) is 2.15. The first-order valence-corrected chi connectivity index (χ1v) is 7.26. The molecule has 0 amide bonds. The van der Waals surface area contributed by atoms with Crippen molar-refractivity contribution in [1.29, 1.82) is 0 Å². The average molecular weight is 311 g/mol. The normalized spacial score (nSPS) is 10.5. The first-order chi connectivity index (χ1) is 9.65. The van der Waals surface area contributed by atoms with Gasteiger partial charge >= 0.3 is 0 Å². The molecule has 0 aliphatic carbocycles. The van der Waals surface area contributed by atoms with Crippen molar-refractivity contribution in [3.63, 3.8) is 0 Å². The number of rotatable bonds is 6. The maximum Gasteiger partial charge on any atom is 0.134 e. The van der Waals surface area contributed by atoms with Crippen LogP contribution in [-0.4, -0.2) is 11.7 Å². The van der Waals surface area contributed by atoms with E-state index in [-0.39, 0.29) is 5.75 Å². The van der Waals surface area contributed by atoms with Crippen molar-refractivity contribution in [2.24, 2.45) is 0 Å². The Morgan fingerprint density at radius 3 is 2.40 bits per heavy atom. The first-order valence-electron chi connectivity index (χ1n) is 6.51. The molecule has 1 N–H and O–H groups in total. The molecular weight excluding hydrogens is 295 g/mol. The zero-order chi connectivity index (χ0) is 14.4. The van der Waals surface area contributed by atoms with Gasteiger partial charge in [-0.3, -0.25) is 0 Å². The van der Waals surface area contributed by atoms with Crippen LogP contribution in [0.2, 0.25) is 10.0 Å². The molecule has 0 radical (unpaired) electrons. The van der Waals surface area contributed by atoms with E-state index < -0.39 is 0 Å². The molecule has 2 aromatic rings. The van der Waals surface area contributed by atoms with Gasteiger partial charge in [-0.25, -0.2) is 0 Å². The summed E-state index contributed by atoms with van der Waals surface area (Å²) in [5, 5.41) is 10.4. The molecule has 4 heteroatoms. The number of aromatic hydroxyl groups is 1. The van der Waals surface area contributed by atoms with Crippen LogP contribution in [0, 0.1) is 0 Å². The zero-order valence-corrected chi connectivity index (χ0v) is 12.5. The molecule has 0 saturated carbocycles. The predicted octanol–water partition coefficient (Wildman–Crippen LogP) is 5.10. The van der Waals surface area contributed by atoms with Crippen LogP contribution in [0.1, 0.15) is 18.4 Å². The van der Waals surface area contributed by atoms with Crippen molar-refractivity contribution in [3.05, 3.63) is 58.1 Å². The molecule has 0 bridgehead atoms. The van der Waals surface area contributed by atoms with Crippen LogP contribution in [0.5, 0.6) is 11.5 Å². The summed E-state index contributed by atoms with van der Waals surface area (Å²) >= 11 is 11.6. The van der Waals surface area contributed by atoms with Crippen molar-refractivity contribution in [2.75, 3.05) is 6.61 Å². The van der Waals surface area contributed by atoms with Gasteiger partial charge in [0.2, 0.25) is 0 Å². The molecule has 0 aliphatic heterocycles. The number of halogens is 2. The molecule has 0 unspecified atom stereocenters. The third-order valence-corrected chi connectivity index (χ3v) is 3.52. The van der Waals surface area contributed by atoms with E-state index in [9.17, 15) is 5.11 Å². The lowest BCUT2D eigenvalue weighted by atomic mass is 10.1. The van der Waals surface area contributed by atoms with E-state index in [0.717, 1.165) is 24.3 Å². The number of benzene rings is 2. The van der Waals surface area contributed by atoms with Gasteiger partial charge in [0.25, 0.3) is 0 Å². The van der Waals surface area contributed by atoms with Crippen LogP contribution >= 0.6 is 23.2 Å². The monoisotopic (exact) mass is 310 g/mol. The van der Waals surface area contributed by atoms with E-state index in [2.05, 4.69) is 0 Å². The van der Waals surface area contributed by atoms with Crippen molar-refractivity contribution in [1.82, 2.24) is 0 Å². The second kappa shape index (κ2) is 7.41. The number of hydrogen-bond acceptors (Lipinski definition) is 2. The van der Waals surface area contributed by atoms with Crippen molar-refractivity contribution in [3.8, 4) is 11.5 Å². The highest BCUT2D eigenvalue weighted by Gasteiger charge is 2.01. The van der Waals surface area contributed by atoms with Crippen LogP contribution in [0.25, 0.3) is 0 Å². The largest absolute Gasteiger partial charge is 0.506 e. The number of hydrogen-bond donors (Lipinski definition) is 1. The summed E-state index contributed by atoms with van der Waals surface area (Å²) in [6, 6.07) is 12.8. The molecule has 2 rings (SSSR count). The predicted molar refractivity (Wildman–Crippen MR) is 83.0 cm³/mol. The molecule has 0 aliphatic rings. The minimum Gasteiger partial charge on any atom is -0.506 e. The van der Waals surface area contributed by atoms with Crippen LogP contribution in [0.15, 0.2) is 42.5 Å². The maximum atomic E-state index is 9.30. The minimum atomic E-state index is 0.0711. The van der Waals surface area contributed by atoms with Crippen molar-refractivity contribution >= 4 is 23.2 Å². The second-order valence-electron chi connectivity index (χ2n) is 4.55. The Kier molecular flexibility index (Phi) is 5.57. The summed E-state index contributed by atoms with van der Waals surface area (Å²) in [6.07, 6.45) is 3.02. The summed E-state index contributed by atoms with van der Waals surface area (Å²) in [4.78, 5) is 0. The van der Waals surface area contributed by atoms with E-state index >= 15 is 0 Å². The number of unbranched alkanes of at least 4 members (excludes halogenated alkanes) is 1. The molecule has 0 heterocycles. The van der Waals surface area contributed by atoms with Gasteiger partial charge < -0.3 is 9.84 Å². The topological polar surface area (TPSA) is 29.5 Å². The highest BCUT2D eigenvalue weighted by atomic mass is 35.5. The van der Waals surface area contributed by atoms with Gasteiger partial charge in [0.15, 0.2) is 0 Å². The first kappa shape index (κ1) is 15.0. The Labute approximate surface area is 128 Å². The third-order valence-electron chi connectivity index (χ3n) is 2.96. The molecule has 20 heavy (non-hydrogen) atoms. The van der Waals surface area contributed by atoms with Gasteiger partial charge in [-0.15, -0.1) is 0 Å². The highest BCUT2D eigenvalue weighted by molar-refractivity contribution is 6.32. The quantitative estimate of drug-likeness (QED) is 0.752. The van der Waals surface area contributed by atoms with E-state index in [1.54, 1.807) is 12.1 Å². The van der Waals surface area contributed by atoms with E-state index in [1.807, 2.05) is 24.3 Å². The van der Waals surface area contributed by atoms with Crippen molar-refractivity contribution in [2.45, 2.75) is 19.3 Å². The van der Waals surface area contributed by atoms with E-state index in [1.165, 1.54) is 11.6 Å². The Morgan fingerprint density at radius 1 is 0.950 bits per heavy atom. The lowest BCUT2D eigenvalue weighted by Crippen LogP contribution is -1.98. The molecule has 0 saturated heterocycles. The Hall–Kier alpha value is -1.38. The zero-order valence-electron chi connectivity index (χ0n) is 11.0. The molecule has 106 valence electrons. The smallest absolute Gasteiger partial charge is 0.134 e. The van der Waals surface area contributed by atoms with Gasteiger partial charge in [0.1, 0.15) is 11.5 Å². The third kappa shape index (κ3) is 4.62.